The third kappa shape index (κ3) is 3.15. The lowest BCUT2D eigenvalue weighted by Gasteiger charge is -2.09. The van der Waals surface area contributed by atoms with Crippen molar-refractivity contribution in [2.24, 2.45) is 7.05 Å². The van der Waals surface area contributed by atoms with Gasteiger partial charge in [0, 0.05) is 47.5 Å². The molecule has 0 saturated heterocycles. The minimum absolute atomic E-state index is 0.0625. The van der Waals surface area contributed by atoms with Gasteiger partial charge in [-0.05, 0) is 36.4 Å². The van der Waals surface area contributed by atoms with Gasteiger partial charge < -0.3 is 15.2 Å². The molecule has 0 fully saturated rings. The lowest BCUT2D eigenvalue weighted by Crippen LogP contribution is -2.13. The number of rotatable bonds is 4. The predicted molar refractivity (Wildman–Crippen MR) is 96.2 cm³/mol. The Morgan fingerprint density at radius 3 is 2.46 bits per heavy atom. The molecule has 5 nitrogen and oxygen atoms in total. The lowest BCUT2D eigenvalue weighted by atomic mass is 10.1. The second-order valence-corrected chi connectivity index (χ2v) is 5.60. The molecule has 1 aromatic heterocycles. The molecule has 0 radical (unpaired) electrons. The molecule has 3 aromatic rings. The number of hydrogen-bond donors (Lipinski definition) is 2. The van der Waals surface area contributed by atoms with Gasteiger partial charge in [-0.1, -0.05) is 19.1 Å². The highest BCUT2D eigenvalue weighted by atomic mass is 16.2. The molecule has 0 atom stereocenters. The third-order valence-corrected chi connectivity index (χ3v) is 3.90. The fourth-order valence-corrected chi connectivity index (χ4v) is 2.62. The zero-order valence-electron chi connectivity index (χ0n) is 13.7. The van der Waals surface area contributed by atoms with Crippen molar-refractivity contribution in [2.75, 3.05) is 10.6 Å². The van der Waals surface area contributed by atoms with Gasteiger partial charge in [-0.2, -0.15) is 0 Å². The summed E-state index contributed by atoms with van der Waals surface area (Å²) in [6, 6.07) is 14.7. The number of hydrogen-bond acceptors (Lipinski definition) is 2. The highest BCUT2D eigenvalue weighted by Gasteiger charge is 2.12. The van der Waals surface area contributed by atoms with Gasteiger partial charge in [0.05, 0.1) is 0 Å². The molecule has 122 valence electrons. The molecule has 0 bridgehead atoms. The summed E-state index contributed by atoms with van der Waals surface area (Å²) in [7, 11) is 1.95. The molecule has 2 amide bonds. The van der Waals surface area contributed by atoms with Crippen LogP contribution in [0.3, 0.4) is 0 Å². The predicted octanol–water partition coefficient (Wildman–Crippen LogP) is 3.78. The zero-order valence-corrected chi connectivity index (χ0v) is 13.7. The normalized spacial score (nSPS) is 10.6. The maximum absolute atomic E-state index is 12.6. The number of fused-ring (bicyclic) bond motifs is 1. The Labute approximate surface area is 140 Å². The summed E-state index contributed by atoms with van der Waals surface area (Å²) in [5.41, 5.74) is 2.93. The monoisotopic (exact) mass is 321 g/mol. The number of nitrogens with one attached hydrogen (secondary N) is 2. The first kappa shape index (κ1) is 15.8. The van der Waals surface area contributed by atoms with Crippen molar-refractivity contribution < 1.29 is 9.59 Å². The van der Waals surface area contributed by atoms with Crippen LogP contribution in [0, 0.1) is 0 Å². The SMILES string of the molecule is CCC(=O)Nc1cccc(NC(=O)c2cccc3c2ccn3C)c1. The van der Waals surface area contributed by atoms with Gasteiger partial charge in [0.1, 0.15) is 0 Å². The Hall–Kier alpha value is -3.08. The maximum Gasteiger partial charge on any atom is 0.256 e. The molecule has 0 saturated carbocycles. The van der Waals surface area contributed by atoms with Crippen molar-refractivity contribution in [1.82, 2.24) is 4.57 Å². The molecule has 24 heavy (non-hydrogen) atoms. The van der Waals surface area contributed by atoms with Crippen molar-refractivity contribution in [1.29, 1.82) is 0 Å². The zero-order chi connectivity index (χ0) is 17.1. The van der Waals surface area contributed by atoms with E-state index in [-0.39, 0.29) is 11.8 Å². The summed E-state index contributed by atoms with van der Waals surface area (Å²) < 4.78 is 1.98. The summed E-state index contributed by atoms with van der Waals surface area (Å²) in [5.74, 6) is -0.238. The van der Waals surface area contributed by atoms with E-state index in [1.165, 1.54) is 0 Å². The molecule has 2 N–H and O–H groups in total. The average Bonchev–Trinajstić information content (AvgIpc) is 2.96. The number of amides is 2. The fourth-order valence-electron chi connectivity index (χ4n) is 2.62. The Bertz CT molecular complexity index is 912. The molecule has 3 rings (SSSR count). The molecule has 0 aliphatic heterocycles. The van der Waals surface area contributed by atoms with Crippen LogP contribution in [0.25, 0.3) is 10.9 Å². The number of carbonyl (C=O) groups is 2. The molecule has 0 spiro atoms. The van der Waals surface area contributed by atoms with Crippen LogP contribution in [0.5, 0.6) is 0 Å². The Kier molecular flexibility index (Phi) is 4.33. The van der Waals surface area contributed by atoms with Crippen molar-refractivity contribution in [3.8, 4) is 0 Å². The van der Waals surface area contributed by atoms with Gasteiger partial charge in [-0.25, -0.2) is 0 Å². The molecular formula is C19H19N3O2. The van der Waals surface area contributed by atoms with Gasteiger partial charge in [0.25, 0.3) is 5.91 Å². The first-order valence-electron chi connectivity index (χ1n) is 7.84. The summed E-state index contributed by atoms with van der Waals surface area (Å²) in [5, 5.41) is 6.59. The van der Waals surface area contributed by atoms with Crippen molar-refractivity contribution in [3.05, 3.63) is 60.3 Å². The highest BCUT2D eigenvalue weighted by Crippen LogP contribution is 2.22. The largest absolute Gasteiger partial charge is 0.351 e. The molecule has 0 unspecified atom stereocenters. The van der Waals surface area contributed by atoms with Gasteiger partial charge in [-0.15, -0.1) is 0 Å². The fraction of sp³-hybridized carbons (Fsp3) is 0.158. The average molecular weight is 321 g/mol. The number of carbonyl (C=O) groups excluding carboxylic acids is 2. The number of aromatic nitrogens is 1. The number of benzene rings is 2. The standard InChI is InChI=1S/C19H19N3O2/c1-3-18(23)20-13-6-4-7-14(12-13)21-19(24)16-8-5-9-17-15(16)10-11-22(17)2/h4-12H,3H2,1-2H3,(H,20,23)(H,21,24). The maximum atomic E-state index is 12.6. The molecule has 0 aliphatic carbocycles. The van der Waals surface area contributed by atoms with Crippen LogP contribution in [0.2, 0.25) is 0 Å². The molecule has 0 aliphatic rings. The number of nitrogens with zero attached hydrogens (tertiary/aromatic N) is 1. The van der Waals surface area contributed by atoms with Gasteiger partial charge >= 0.3 is 0 Å². The lowest BCUT2D eigenvalue weighted by molar-refractivity contribution is -0.115. The van der Waals surface area contributed by atoms with E-state index < -0.39 is 0 Å². The van der Waals surface area contributed by atoms with E-state index in [0.29, 0.717) is 23.4 Å². The second-order valence-electron chi connectivity index (χ2n) is 5.60. The summed E-state index contributed by atoms with van der Waals surface area (Å²) in [6.07, 6.45) is 2.34. The van der Waals surface area contributed by atoms with Crippen molar-refractivity contribution >= 4 is 34.1 Å². The van der Waals surface area contributed by atoms with Crippen LogP contribution in [0.1, 0.15) is 23.7 Å². The third-order valence-electron chi connectivity index (χ3n) is 3.90. The summed E-state index contributed by atoms with van der Waals surface area (Å²) in [4.78, 5) is 24.1. The van der Waals surface area contributed by atoms with Crippen LogP contribution in [0.4, 0.5) is 11.4 Å². The first-order chi connectivity index (χ1) is 11.6. The van der Waals surface area contributed by atoms with Crippen LogP contribution in [-0.2, 0) is 11.8 Å². The number of aryl methyl sites for hydroxylation is 1. The van der Waals surface area contributed by atoms with E-state index in [1.807, 2.05) is 36.0 Å². The smallest absolute Gasteiger partial charge is 0.256 e. The van der Waals surface area contributed by atoms with E-state index in [4.69, 9.17) is 0 Å². The van der Waals surface area contributed by atoms with Crippen LogP contribution >= 0.6 is 0 Å². The Morgan fingerprint density at radius 2 is 1.71 bits per heavy atom. The van der Waals surface area contributed by atoms with Gasteiger partial charge in [0.2, 0.25) is 5.91 Å². The van der Waals surface area contributed by atoms with Crippen molar-refractivity contribution in [3.63, 3.8) is 0 Å². The van der Waals surface area contributed by atoms with Gasteiger partial charge in [-0.3, -0.25) is 9.59 Å². The quantitative estimate of drug-likeness (QED) is 0.768. The van der Waals surface area contributed by atoms with E-state index in [2.05, 4.69) is 10.6 Å². The second kappa shape index (κ2) is 6.58. The van der Waals surface area contributed by atoms with E-state index in [1.54, 1.807) is 37.3 Å². The van der Waals surface area contributed by atoms with Gasteiger partial charge in [0.15, 0.2) is 0 Å². The van der Waals surface area contributed by atoms with E-state index in [0.717, 1.165) is 10.9 Å². The minimum atomic E-state index is -0.175. The van der Waals surface area contributed by atoms with E-state index in [9.17, 15) is 9.59 Å². The van der Waals surface area contributed by atoms with Crippen LogP contribution < -0.4 is 10.6 Å². The first-order valence-corrected chi connectivity index (χ1v) is 7.84. The molecule has 1 heterocycles. The number of anilines is 2. The van der Waals surface area contributed by atoms with E-state index >= 15 is 0 Å². The van der Waals surface area contributed by atoms with Crippen LogP contribution in [-0.4, -0.2) is 16.4 Å². The Balaban J connectivity index is 1.84. The summed E-state index contributed by atoms with van der Waals surface area (Å²) in [6.45, 7) is 1.79. The summed E-state index contributed by atoms with van der Waals surface area (Å²) >= 11 is 0. The molecule has 5 heteroatoms. The molecular weight excluding hydrogens is 302 g/mol. The van der Waals surface area contributed by atoms with Crippen LogP contribution in [0.15, 0.2) is 54.7 Å². The molecule has 2 aromatic carbocycles. The van der Waals surface area contributed by atoms with Crippen molar-refractivity contribution in [2.45, 2.75) is 13.3 Å². The highest BCUT2D eigenvalue weighted by molar-refractivity contribution is 6.12. The minimum Gasteiger partial charge on any atom is -0.351 e. The topological polar surface area (TPSA) is 63.1 Å². The Morgan fingerprint density at radius 1 is 1.00 bits per heavy atom.